The molecule has 178 valence electrons. The van der Waals surface area contributed by atoms with Crippen molar-refractivity contribution in [3.05, 3.63) is 51.2 Å². The van der Waals surface area contributed by atoms with Crippen molar-refractivity contribution in [1.82, 2.24) is 5.32 Å². The van der Waals surface area contributed by atoms with Crippen molar-refractivity contribution >= 4 is 29.2 Å². The topological polar surface area (TPSA) is 137 Å². The van der Waals surface area contributed by atoms with Gasteiger partial charge in [0.2, 0.25) is 5.91 Å². The molecule has 1 aliphatic heterocycles. The van der Waals surface area contributed by atoms with Crippen molar-refractivity contribution in [2.75, 3.05) is 13.7 Å². The Hall–Kier alpha value is -3.56. The molecular formula is C23H29N3O7. The zero-order chi connectivity index (χ0) is 24.9. The van der Waals surface area contributed by atoms with E-state index in [2.05, 4.69) is 10.3 Å². The molecular weight excluding hydrogens is 430 g/mol. The molecule has 0 bridgehead atoms. The number of benzene rings is 1. The second kappa shape index (κ2) is 10.8. The maximum absolute atomic E-state index is 13.5. The Labute approximate surface area is 192 Å². The number of esters is 2. The first-order valence-corrected chi connectivity index (χ1v) is 10.6. The first kappa shape index (κ1) is 25.7. The molecule has 0 spiro atoms. The van der Waals surface area contributed by atoms with Crippen molar-refractivity contribution in [3.8, 4) is 0 Å². The quantitative estimate of drug-likeness (QED) is 0.358. The van der Waals surface area contributed by atoms with Gasteiger partial charge in [0.15, 0.2) is 0 Å². The summed E-state index contributed by atoms with van der Waals surface area (Å²) < 4.78 is 10.0. The van der Waals surface area contributed by atoms with E-state index in [4.69, 9.17) is 9.47 Å². The van der Waals surface area contributed by atoms with Crippen molar-refractivity contribution in [1.29, 1.82) is 0 Å². The molecule has 1 amide bonds. The van der Waals surface area contributed by atoms with Gasteiger partial charge >= 0.3 is 11.9 Å². The van der Waals surface area contributed by atoms with Crippen LogP contribution in [0.5, 0.6) is 0 Å². The number of aliphatic imine (C=N–C) groups is 1. The van der Waals surface area contributed by atoms with E-state index < -0.39 is 40.6 Å². The molecule has 0 saturated carbocycles. The smallest absolute Gasteiger partial charge is 0.328 e. The molecule has 1 aliphatic rings. The predicted molar refractivity (Wildman–Crippen MR) is 121 cm³/mol. The van der Waals surface area contributed by atoms with Gasteiger partial charge in [-0.2, -0.15) is 0 Å². The lowest BCUT2D eigenvalue weighted by molar-refractivity contribution is -0.384. The molecule has 0 fully saturated rings. The lowest BCUT2D eigenvalue weighted by atomic mass is 9.75. The van der Waals surface area contributed by atoms with Gasteiger partial charge in [-0.25, -0.2) is 4.79 Å². The average molecular weight is 459 g/mol. The molecule has 1 N–H and O–H groups in total. The highest BCUT2D eigenvalue weighted by Gasteiger charge is 2.42. The van der Waals surface area contributed by atoms with Crippen LogP contribution in [0.25, 0.3) is 0 Å². The van der Waals surface area contributed by atoms with Gasteiger partial charge in [0.25, 0.3) is 5.69 Å². The van der Waals surface area contributed by atoms with Gasteiger partial charge < -0.3 is 14.8 Å². The Bertz CT molecular complexity index is 1010. The fourth-order valence-electron chi connectivity index (χ4n) is 3.91. The third kappa shape index (κ3) is 5.63. The van der Waals surface area contributed by atoms with Crippen molar-refractivity contribution in [2.45, 2.75) is 46.6 Å². The molecule has 1 aromatic carbocycles. The number of methoxy groups -OCH3 is 1. The van der Waals surface area contributed by atoms with Crippen LogP contribution in [0.1, 0.15) is 46.1 Å². The second-order valence-corrected chi connectivity index (χ2v) is 8.03. The summed E-state index contributed by atoms with van der Waals surface area (Å²) >= 11 is 0. The number of rotatable bonds is 8. The molecule has 2 rings (SSSR count). The Morgan fingerprint density at radius 2 is 1.91 bits per heavy atom. The number of non-ortho nitro benzene ring substituents is 1. The van der Waals surface area contributed by atoms with Gasteiger partial charge in [0.05, 0.1) is 18.6 Å². The van der Waals surface area contributed by atoms with E-state index in [0.29, 0.717) is 17.0 Å². The van der Waals surface area contributed by atoms with Gasteiger partial charge in [0.1, 0.15) is 12.0 Å². The van der Waals surface area contributed by atoms with Crippen LogP contribution in [-0.2, 0) is 23.9 Å². The summed E-state index contributed by atoms with van der Waals surface area (Å²) in [6, 6.07) is 4.82. The van der Waals surface area contributed by atoms with E-state index in [9.17, 15) is 24.5 Å². The van der Waals surface area contributed by atoms with Crippen molar-refractivity contribution in [2.24, 2.45) is 16.8 Å². The Morgan fingerprint density at radius 1 is 1.24 bits per heavy atom. The van der Waals surface area contributed by atoms with Crippen molar-refractivity contribution < 1.29 is 28.8 Å². The van der Waals surface area contributed by atoms with Gasteiger partial charge in [-0.3, -0.25) is 24.7 Å². The minimum Gasteiger partial charge on any atom is -0.468 e. The lowest BCUT2D eigenvalue weighted by Crippen LogP contribution is -2.48. The number of ether oxygens (including phenoxy) is 2. The van der Waals surface area contributed by atoms with Crippen LogP contribution in [0.3, 0.4) is 0 Å². The zero-order valence-electron chi connectivity index (χ0n) is 19.6. The van der Waals surface area contributed by atoms with E-state index in [1.807, 2.05) is 0 Å². The molecule has 3 atom stereocenters. The highest BCUT2D eigenvalue weighted by Crippen LogP contribution is 2.40. The minimum absolute atomic E-state index is 0.131. The van der Waals surface area contributed by atoms with Crippen molar-refractivity contribution in [3.63, 3.8) is 0 Å². The summed E-state index contributed by atoms with van der Waals surface area (Å²) in [5.41, 5.74) is 1.09. The van der Waals surface area contributed by atoms with Crippen LogP contribution >= 0.6 is 0 Å². The Balaban J connectivity index is 2.62. The number of hydrogen-bond donors (Lipinski definition) is 1. The van der Waals surface area contributed by atoms with E-state index in [-0.39, 0.29) is 23.8 Å². The van der Waals surface area contributed by atoms with Crippen LogP contribution in [-0.4, -0.2) is 48.2 Å². The molecule has 0 saturated heterocycles. The Morgan fingerprint density at radius 3 is 2.45 bits per heavy atom. The van der Waals surface area contributed by atoms with Crippen LogP contribution in [0.2, 0.25) is 0 Å². The number of carbonyl (C=O) groups excluding carboxylic acids is 3. The first-order chi connectivity index (χ1) is 15.5. The third-order valence-electron chi connectivity index (χ3n) is 5.46. The zero-order valence-corrected chi connectivity index (χ0v) is 19.6. The highest BCUT2D eigenvalue weighted by atomic mass is 16.6. The second-order valence-electron chi connectivity index (χ2n) is 8.03. The third-order valence-corrected chi connectivity index (χ3v) is 5.46. The SMILES string of the molecule is CCOC(=O)[C@@H](NC(=O)C1=C(C)N=C(C)C(C(=O)OC)[C@H]1c1cccc([N+](=O)[O-])c1)C(C)C. The summed E-state index contributed by atoms with van der Waals surface area (Å²) in [6.07, 6.45) is 0. The summed E-state index contributed by atoms with van der Waals surface area (Å²) in [4.78, 5) is 53.8. The van der Waals surface area contributed by atoms with E-state index in [1.54, 1.807) is 40.7 Å². The maximum Gasteiger partial charge on any atom is 0.328 e. The number of nitro groups is 1. The van der Waals surface area contributed by atoms with Gasteiger partial charge in [-0.15, -0.1) is 0 Å². The standard InChI is InChI=1S/C23H29N3O7/c1-7-33-23(29)20(12(2)3)25-21(27)17-13(4)24-14(5)18(22(28)32-6)19(17)15-9-8-10-16(11-15)26(30)31/h8-12,18-20H,7H2,1-6H3,(H,25,27)/t18?,19-,20-/m0/s1. The number of amides is 1. The molecule has 1 unspecified atom stereocenters. The summed E-state index contributed by atoms with van der Waals surface area (Å²) in [6.45, 7) is 8.61. The molecule has 33 heavy (non-hydrogen) atoms. The molecule has 1 aromatic rings. The summed E-state index contributed by atoms with van der Waals surface area (Å²) in [7, 11) is 1.22. The normalized spacial score (nSPS) is 18.9. The van der Waals surface area contributed by atoms with Crippen LogP contribution < -0.4 is 5.32 Å². The lowest BCUT2D eigenvalue weighted by Gasteiger charge is -2.32. The summed E-state index contributed by atoms with van der Waals surface area (Å²) in [5.74, 6) is -3.95. The first-order valence-electron chi connectivity index (χ1n) is 10.6. The fraction of sp³-hybridized carbons (Fsp3) is 0.478. The molecule has 0 aromatic heterocycles. The number of carbonyl (C=O) groups is 3. The van der Waals surface area contributed by atoms with Gasteiger partial charge in [-0.05, 0) is 32.3 Å². The van der Waals surface area contributed by atoms with E-state index in [1.165, 1.54) is 25.3 Å². The number of nitrogens with zero attached hydrogens (tertiary/aromatic N) is 2. The minimum atomic E-state index is -0.971. The number of nitrogens with one attached hydrogen (secondary N) is 1. The molecule has 10 nitrogen and oxygen atoms in total. The largest absolute Gasteiger partial charge is 0.468 e. The molecule has 10 heteroatoms. The van der Waals surface area contributed by atoms with Gasteiger partial charge in [0, 0.05) is 35.0 Å². The monoisotopic (exact) mass is 459 g/mol. The molecule has 0 radical (unpaired) electrons. The van der Waals surface area contributed by atoms with Crippen LogP contribution in [0, 0.1) is 22.0 Å². The number of nitro benzene ring substituents is 1. The molecule has 1 heterocycles. The maximum atomic E-state index is 13.5. The highest BCUT2D eigenvalue weighted by molar-refractivity contribution is 6.08. The number of allylic oxidation sites excluding steroid dienone is 1. The average Bonchev–Trinajstić information content (AvgIpc) is 2.76. The Kier molecular flexibility index (Phi) is 8.44. The van der Waals surface area contributed by atoms with Gasteiger partial charge in [-0.1, -0.05) is 26.0 Å². The van der Waals surface area contributed by atoms with E-state index in [0.717, 1.165) is 0 Å². The predicted octanol–water partition coefficient (Wildman–Crippen LogP) is 2.92. The summed E-state index contributed by atoms with van der Waals surface area (Å²) in [5, 5.41) is 14.1. The fourth-order valence-corrected chi connectivity index (χ4v) is 3.91. The van der Waals surface area contributed by atoms with Crippen LogP contribution in [0.4, 0.5) is 5.69 Å². The van der Waals surface area contributed by atoms with E-state index >= 15 is 0 Å². The van der Waals surface area contributed by atoms with Crippen LogP contribution in [0.15, 0.2) is 40.5 Å². The molecule has 0 aliphatic carbocycles. The number of hydrogen-bond acceptors (Lipinski definition) is 8.